The molecule has 2 heterocycles. The normalized spacial score (nSPS) is 11.9. The van der Waals surface area contributed by atoms with E-state index in [9.17, 15) is 8.42 Å². The molecular weight excluding hydrogens is 430 g/mol. The molecule has 0 radical (unpaired) electrons. The molecule has 0 aliphatic rings. The van der Waals surface area contributed by atoms with Crippen LogP contribution in [0.25, 0.3) is 10.2 Å². The van der Waals surface area contributed by atoms with Gasteiger partial charge in [0.05, 0.1) is 10.2 Å². The quantitative estimate of drug-likeness (QED) is 0.392. The van der Waals surface area contributed by atoms with Gasteiger partial charge in [-0.05, 0) is 33.7 Å². The van der Waals surface area contributed by atoms with Crippen LogP contribution in [0.15, 0.2) is 89.3 Å². The lowest BCUT2D eigenvalue weighted by atomic mass is 9.99. The number of rotatable bonds is 6. The number of hydrogen-bond acceptors (Lipinski definition) is 7. The maximum Gasteiger partial charge on any atom is 0.212 e. The highest BCUT2D eigenvalue weighted by Gasteiger charge is 2.27. The van der Waals surface area contributed by atoms with Gasteiger partial charge in [0.2, 0.25) is 14.2 Å². The Morgan fingerprint density at radius 1 is 0.839 bits per heavy atom. The van der Waals surface area contributed by atoms with Crippen molar-refractivity contribution >= 4 is 31.4 Å². The summed E-state index contributed by atoms with van der Waals surface area (Å²) >= 11 is 1.16. The zero-order chi connectivity index (χ0) is 21.3. The van der Waals surface area contributed by atoms with Crippen molar-refractivity contribution in [1.82, 2.24) is 25.2 Å². The SMILES string of the molecule is O=S(=O)(Cc1nnnn1C(c1ccccc1)c1ccccc1)c1nc2ccccc2s1. The van der Waals surface area contributed by atoms with Crippen LogP contribution >= 0.6 is 11.3 Å². The third-order valence-corrected chi connectivity index (χ3v) is 8.00. The summed E-state index contributed by atoms with van der Waals surface area (Å²) in [5.41, 5.74) is 2.58. The van der Waals surface area contributed by atoms with Gasteiger partial charge in [0.25, 0.3) is 0 Å². The zero-order valence-corrected chi connectivity index (χ0v) is 17.9. The minimum atomic E-state index is -3.72. The molecule has 5 aromatic rings. The molecule has 154 valence electrons. The number of tetrazole rings is 1. The molecule has 9 heteroatoms. The first kappa shape index (κ1) is 19.5. The average molecular weight is 448 g/mol. The van der Waals surface area contributed by atoms with Crippen LogP contribution in [0, 0.1) is 0 Å². The number of fused-ring (bicyclic) bond motifs is 1. The molecule has 0 spiro atoms. The van der Waals surface area contributed by atoms with Crippen LogP contribution in [0.4, 0.5) is 0 Å². The van der Waals surface area contributed by atoms with Crippen molar-refractivity contribution in [3.05, 3.63) is 102 Å². The Balaban J connectivity index is 1.56. The molecule has 7 nitrogen and oxygen atoms in total. The summed E-state index contributed by atoms with van der Waals surface area (Å²) in [7, 11) is -3.72. The number of para-hydroxylation sites is 1. The highest BCUT2D eigenvalue weighted by Crippen LogP contribution is 2.30. The van der Waals surface area contributed by atoms with Gasteiger partial charge in [0.15, 0.2) is 5.82 Å². The van der Waals surface area contributed by atoms with E-state index >= 15 is 0 Å². The van der Waals surface area contributed by atoms with Gasteiger partial charge in [-0.15, -0.1) is 16.4 Å². The summed E-state index contributed by atoms with van der Waals surface area (Å²) in [5.74, 6) is -0.0762. The van der Waals surface area contributed by atoms with Gasteiger partial charge >= 0.3 is 0 Å². The van der Waals surface area contributed by atoms with E-state index in [-0.39, 0.29) is 22.0 Å². The van der Waals surface area contributed by atoms with Crippen LogP contribution < -0.4 is 0 Å². The smallest absolute Gasteiger partial charge is 0.212 e. The molecular formula is C22H17N5O2S2. The number of benzene rings is 3. The molecule has 0 unspecified atom stereocenters. The molecule has 0 saturated heterocycles. The van der Waals surface area contributed by atoms with Gasteiger partial charge in [-0.3, -0.25) is 0 Å². The summed E-state index contributed by atoms with van der Waals surface area (Å²) in [6.07, 6.45) is 0. The van der Waals surface area contributed by atoms with E-state index in [0.29, 0.717) is 5.52 Å². The van der Waals surface area contributed by atoms with Crippen LogP contribution in [-0.4, -0.2) is 33.6 Å². The minimum absolute atomic E-state index is 0.0687. The molecule has 0 N–H and O–H groups in total. The van der Waals surface area contributed by atoms with Crippen molar-refractivity contribution in [2.24, 2.45) is 0 Å². The second kappa shape index (κ2) is 8.01. The predicted octanol–water partition coefficient (Wildman–Crippen LogP) is 3.89. The second-order valence-electron chi connectivity index (χ2n) is 6.97. The first-order valence-electron chi connectivity index (χ1n) is 9.57. The minimum Gasteiger partial charge on any atom is -0.225 e. The number of hydrogen-bond donors (Lipinski definition) is 0. The molecule has 0 saturated carbocycles. The summed E-state index contributed by atoms with van der Waals surface area (Å²) in [4.78, 5) is 4.31. The maximum atomic E-state index is 13.2. The lowest BCUT2D eigenvalue weighted by Gasteiger charge is -2.19. The molecule has 31 heavy (non-hydrogen) atoms. The fourth-order valence-corrected chi connectivity index (χ4v) is 6.01. The van der Waals surface area contributed by atoms with Crippen LogP contribution in [0.1, 0.15) is 23.0 Å². The second-order valence-corrected chi connectivity index (χ2v) is 10.2. The first-order chi connectivity index (χ1) is 15.1. The molecule has 0 bridgehead atoms. The lowest BCUT2D eigenvalue weighted by Crippen LogP contribution is -2.19. The number of aromatic nitrogens is 5. The molecule has 0 aliphatic carbocycles. The van der Waals surface area contributed by atoms with E-state index in [2.05, 4.69) is 20.5 Å². The third-order valence-electron chi connectivity index (χ3n) is 4.90. The van der Waals surface area contributed by atoms with Crippen molar-refractivity contribution in [2.45, 2.75) is 16.1 Å². The Morgan fingerprint density at radius 2 is 1.45 bits per heavy atom. The highest BCUT2D eigenvalue weighted by molar-refractivity contribution is 7.92. The van der Waals surface area contributed by atoms with E-state index in [1.807, 2.05) is 78.9 Å². The summed E-state index contributed by atoms with van der Waals surface area (Å²) in [5, 5.41) is 12.0. The van der Waals surface area contributed by atoms with Crippen LogP contribution in [-0.2, 0) is 15.6 Å². The van der Waals surface area contributed by atoms with Crippen molar-refractivity contribution in [2.75, 3.05) is 0 Å². The number of thiazole rings is 1. The summed E-state index contributed by atoms with van der Waals surface area (Å²) in [6, 6.07) is 26.5. The van der Waals surface area contributed by atoms with Gasteiger partial charge < -0.3 is 0 Å². The van der Waals surface area contributed by atoms with Crippen molar-refractivity contribution < 1.29 is 8.42 Å². The van der Waals surface area contributed by atoms with Crippen molar-refractivity contribution in [3.8, 4) is 0 Å². The fourth-order valence-electron chi connectivity index (χ4n) is 3.47. The Labute approximate surface area is 182 Å². The van der Waals surface area contributed by atoms with E-state index in [0.717, 1.165) is 27.2 Å². The average Bonchev–Trinajstić information content (AvgIpc) is 3.43. The summed E-state index contributed by atoms with van der Waals surface area (Å²) in [6.45, 7) is 0. The Hall–Kier alpha value is -3.43. The van der Waals surface area contributed by atoms with E-state index < -0.39 is 9.84 Å². The molecule has 5 rings (SSSR count). The Morgan fingerprint density at radius 3 is 2.10 bits per heavy atom. The molecule has 3 aromatic carbocycles. The Kier molecular flexibility index (Phi) is 5.05. The molecule has 0 fully saturated rings. The van der Waals surface area contributed by atoms with Crippen molar-refractivity contribution in [3.63, 3.8) is 0 Å². The topological polar surface area (TPSA) is 90.6 Å². The Bertz CT molecular complexity index is 1360. The van der Waals surface area contributed by atoms with Crippen molar-refractivity contribution in [1.29, 1.82) is 0 Å². The largest absolute Gasteiger partial charge is 0.225 e. The molecule has 0 amide bonds. The van der Waals surface area contributed by atoms with Gasteiger partial charge in [0, 0.05) is 0 Å². The predicted molar refractivity (Wildman–Crippen MR) is 118 cm³/mol. The van der Waals surface area contributed by atoms with E-state index in [1.165, 1.54) is 0 Å². The maximum absolute atomic E-state index is 13.2. The van der Waals surface area contributed by atoms with E-state index in [1.54, 1.807) is 10.7 Å². The first-order valence-corrected chi connectivity index (χ1v) is 12.0. The zero-order valence-electron chi connectivity index (χ0n) is 16.2. The van der Waals surface area contributed by atoms with Crippen LogP contribution in [0.2, 0.25) is 0 Å². The molecule has 0 atom stereocenters. The number of nitrogens with zero attached hydrogens (tertiary/aromatic N) is 5. The van der Waals surface area contributed by atoms with Gasteiger partial charge in [-0.1, -0.05) is 72.8 Å². The fraction of sp³-hybridized carbons (Fsp3) is 0.0909. The van der Waals surface area contributed by atoms with Gasteiger partial charge in [0.1, 0.15) is 11.8 Å². The lowest BCUT2D eigenvalue weighted by molar-refractivity contribution is 0.548. The third kappa shape index (κ3) is 3.85. The molecule has 0 aliphatic heterocycles. The number of sulfone groups is 1. The highest BCUT2D eigenvalue weighted by atomic mass is 32.2. The summed E-state index contributed by atoms with van der Waals surface area (Å²) < 4.78 is 28.8. The van der Waals surface area contributed by atoms with Crippen LogP contribution in [0.3, 0.4) is 0 Å². The van der Waals surface area contributed by atoms with Gasteiger partial charge in [-0.25, -0.2) is 18.1 Å². The van der Waals surface area contributed by atoms with Crippen LogP contribution in [0.5, 0.6) is 0 Å². The van der Waals surface area contributed by atoms with Gasteiger partial charge in [-0.2, -0.15) is 0 Å². The molecule has 2 aromatic heterocycles. The van der Waals surface area contributed by atoms with E-state index in [4.69, 9.17) is 0 Å². The monoisotopic (exact) mass is 447 g/mol. The standard InChI is InChI=1S/C22H17N5O2S2/c28-31(29,22-23-18-13-7-8-14-19(18)30-22)15-20-24-25-26-27(20)21(16-9-3-1-4-10-16)17-11-5-2-6-12-17/h1-14,21H,15H2.